The zero-order chi connectivity index (χ0) is 18.8. The van der Waals surface area contributed by atoms with Crippen LogP contribution >= 0.6 is 0 Å². The Labute approximate surface area is 133 Å². The minimum atomic E-state index is -5.39. The number of nitrogens with zero attached hydrogens (tertiary/aromatic N) is 1. The lowest BCUT2D eigenvalue weighted by atomic mass is 9.95. The summed E-state index contributed by atoms with van der Waals surface area (Å²) in [7, 11) is -1.63. The van der Waals surface area contributed by atoms with Crippen molar-refractivity contribution >= 4 is 22.7 Å². The highest BCUT2D eigenvalue weighted by Crippen LogP contribution is 2.36. The second kappa shape index (κ2) is 7.20. The van der Waals surface area contributed by atoms with E-state index in [0.717, 1.165) is 6.26 Å². The summed E-state index contributed by atoms with van der Waals surface area (Å²) in [6.45, 7) is 0. The summed E-state index contributed by atoms with van der Waals surface area (Å²) < 4.78 is 76.0. The van der Waals surface area contributed by atoms with Crippen LogP contribution in [0.1, 0.15) is 44.1 Å². The normalized spacial score (nSPS) is 13.1. The van der Waals surface area contributed by atoms with Gasteiger partial charge in [-0.3, -0.25) is 4.21 Å². The van der Waals surface area contributed by atoms with Crippen LogP contribution in [-0.2, 0) is 23.4 Å². The molecule has 1 aromatic heterocycles. The quantitative estimate of drug-likeness (QED) is 0.740. The summed E-state index contributed by atoms with van der Waals surface area (Å²) in [6, 6.07) is 0. The zero-order valence-corrected chi connectivity index (χ0v) is 12.7. The number of hydrogen-bond donors (Lipinski definition) is 2. The molecule has 0 aliphatic carbocycles. The topological polar surface area (TPSA) is 105 Å². The van der Waals surface area contributed by atoms with Crippen molar-refractivity contribution in [3.8, 4) is 0 Å². The molecule has 12 heteroatoms. The molecule has 1 rings (SSSR count). The van der Waals surface area contributed by atoms with Gasteiger partial charge in [0.05, 0.1) is 11.1 Å². The van der Waals surface area contributed by atoms with Crippen molar-refractivity contribution in [2.45, 2.75) is 19.0 Å². The third kappa shape index (κ3) is 4.24. The maximum Gasteiger partial charge on any atom is 0.434 e. The first-order chi connectivity index (χ1) is 10.9. The third-order valence-electron chi connectivity index (χ3n) is 2.87. The van der Waals surface area contributed by atoms with Gasteiger partial charge in [-0.05, 0) is 12.0 Å². The fourth-order valence-electron chi connectivity index (χ4n) is 1.98. The van der Waals surface area contributed by atoms with Crippen molar-refractivity contribution in [2.24, 2.45) is 0 Å². The SMILES string of the molecule is CS(=O)CCc1c(C(=O)O)c(C(F)F)nc(C(F)(F)F)c1C(=O)O. The molecule has 0 bridgehead atoms. The van der Waals surface area contributed by atoms with Crippen LogP contribution in [0, 0.1) is 0 Å². The fourth-order valence-corrected chi connectivity index (χ4v) is 2.47. The number of rotatable bonds is 6. The minimum Gasteiger partial charge on any atom is -0.478 e. The molecule has 1 heterocycles. The van der Waals surface area contributed by atoms with Gasteiger partial charge in [-0.1, -0.05) is 0 Å². The Kier molecular flexibility index (Phi) is 5.98. The van der Waals surface area contributed by atoms with Crippen LogP contribution in [-0.4, -0.2) is 43.4 Å². The Hall–Kier alpha value is -2.11. The summed E-state index contributed by atoms with van der Waals surface area (Å²) in [5.41, 5.74) is -7.64. The largest absolute Gasteiger partial charge is 0.478 e. The number of carbonyl (C=O) groups is 2. The minimum absolute atomic E-state index is 0.412. The lowest BCUT2D eigenvalue weighted by molar-refractivity contribution is -0.142. The van der Waals surface area contributed by atoms with Gasteiger partial charge in [-0.2, -0.15) is 13.2 Å². The van der Waals surface area contributed by atoms with Crippen LogP contribution in [0.2, 0.25) is 0 Å². The summed E-state index contributed by atoms with van der Waals surface area (Å²) in [4.78, 5) is 25.0. The smallest absolute Gasteiger partial charge is 0.434 e. The molecular weight excluding hydrogens is 365 g/mol. The molecule has 1 atom stereocenters. The predicted octanol–water partition coefficient (Wildman–Crippen LogP) is 2.36. The van der Waals surface area contributed by atoms with Crippen LogP contribution in [0.5, 0.6) is 0 Å². The van der Waals surface area contributed by atoms with Gasteiger partial charge in [-0.15, -0.1) is 0 Å². The van der Waals surface area contributed by atoms with Crippen LogP contribution in [0.15, 0.2) is 0 Å². The Morgan fingerprint density at radius 3 is 2.00 bits per heavy atom. The summed E-state index contributed by atoms with van der Waals surface area (Å²) in [5, 5.41) is 18.1. The molecule has 24 heavy (non-hydrogen) atoms. The van der Waals surface area contributed by atoms with Gasteiger partial charge in [-0.25, -0.2) is 23.4 Å². The monoisotopic (exact) mass is 375 g/mol. The van der Waals surface area contributed by atoms with Gasteiger partial charge >= 0.3 is 18.1 Å². The van der Waals surface area contributed by atoms with Gasteiger partial charge in [0.15, 0.2) is 5.69 Å². The number of carboxylic acids is 2. The lowest BCUT2D eigenvalue weighted by Crippen LogP contribution is -2.24. The molecule has 0 saturated heterocycles. The van der Waals surface area contributed by atoms with E-state index in [0.29, 0.717) is 0 Å². The Morgan fingerprint density at radius 2 is 1.67 bits per heavy atom. The van der Waals surface area contributed by atoms with Crippen molar-refractivity contribution < 1.29 is 46.0 Å². The predicted molar refractivity (Wildman–Crippen MR) is 70.8 cm³/mol. The molecule has 0 radical (unpaired) electrons. The van der Waals surface area contributed by atoms with E-state index in [4.69, 9.17) is 10.2 Å². The second-order valence-corrected chi connectivity index (χ2v) is 6.06. The number of pyridine rings is 1. The standard InChI is InChI=1S/C12H10F5NO5S/c1-24(23)3-2-4-5(10(19)20)7(9(13)14)18-8(12(15,16)17)6(4)11(21)22/h9H,2-3H2,1H3,(H,19,20)(H,21,22). The molecule has 134 valence electrons. The molecule has 0 fully saturated rings. The fraction of sp³-hybridized carbons (Fsp3) is 0.417. The van der Waals surface area contributed by atoms with Gasteiger partial charge in [0.2, 0.25) is 0 Å². The average Bonchev–Trinajstić information content (AvgIpc) is 2.41. The van der Waals surface area contributed by atoms with Gasteiger partial charge in [0.1, 0.15) is 5.69 Å². The molecule has 6 nitrogen and oxygen atoms in total. The number of hydrogen-bond acceptors (Lipinski definition) is 4. The van der Waals surface area contributed by atoms with Crippen LogP contribution < -0.4 is 0 Å². The van der Waals surface area contributed by atoms with Gasteiger partial charge in [0, 0.05) is 22.8 Å². The van der Waals surface area contributed by atoms with E-state index in [1.165, 1.54) is 0 Å². The molecule has 0 aliphatic rings. The molecule has 2 N–H and O–H groups in total. The first-order valence-electron chi connectivity index (χ1n) is 6.06. The Bertz CT molecular complexity index is 704. The molecule has 0 saturated carbocycles. The van der Waals surface area contributed by atoms with E-state index < -0.39 is 75.6 Å². The molecule has 0 amide bonds. The van der Waals surface area contributed by atoms with Crippen LogP contribution in [0.25, 0.3) is 0 Å². The molecule has 1 aromatic rings. The maximum absolute atomic E-state index is 13.0. The summed E-state index contributed by atoms with van der Waals surface area (Å²) >= 11 is 0. The number of halogens is 5. The average molecular weight is 375 g/mol. The molecule has 0 spiro atoms. The first-order valence-corrected chi connectivity index (χ1v) is 7.79. The lowest BCUT2D eigenvalue weighted by Gasteiger charge is -2.18. The van der Waals surface area contributed by atoms with Crippen molar-refractivity contribution in [3.63, 3.8) is 0 Å². The highest BCUT2D eigenvalue weighted by atomic mass is 32.2. The van der Waals surface area contributed by atoms with Crippen LogP contribution in [0.4, 0.5) is 22.0 Å². The van der Waals surface area contributed by atoms with E-state index in [-0.39, 0.29) is 0 Å². The maximum atomic E-state index is 13.0. The first kappa shape index (κ1) is 19.9. The van der Waals surface area contributed by atoms with Crippen LogP contribution in [0.3, 0.4) is 0 Å². The van der Waals surface area contributed by atoms with E-state index in [1.807, 2.05) is 0 Å². The molecule has 0 aromatic carbocycles. The Morgan fingerprint density at radius 1 is 1.17 bits per heavy atom. The number of aromatic carboxylic acids is 2. The molecule has 1 unspecified atom stereocenters. The second-order valence-electron chi connectivity index (χ2n) is 4.51. The van der Waals surface area contributed by atoms with E-state index in [1.54, 1.807) is 0 Å². The van der Waals surface area contributed by atoms with Crippen molar-refractivity contribution in [2.75, 3.05) is 12.0 Å². The highest BCUT2D eigenvalue weighted by molar-refractivity contribution is 7.84. The summed E-state index contributed by atoms with van der Waals surface area (Å²) in [6.07, 6.45) is -8.64. The zero-order valence-electron chi connectivity index (χ0n) is 11.9. The van der Waals surface area contributed by atoms with Crippen molar-refractivity contribution in [1.82, 2.24) is 4.98 Å². The van der Waals surface area contributed by atoms with E-state index in [9.17, 15) is 35.8 Å². The van der Waals surface area contributed by atoms with E-state index >= 15 is 0 Å². The molecule has 0 aliphatic heterocycles. The Balaban J connectivity index is 3.93. The number of alkyl halides is 5. The highest BCUT2D eigenvalue weighted by Gasteiger charge is 2.42. The van der Waals surface area contributed by atoms with Crippen molar-refractivity contribution in [1.29, 1.82) is 0 Å². The number of aromatic nitrogens is 1. The summed E-state index contributed by atoms with van der Waals surface area (Å²) in [5.74, 6) is -4.63. The number of carboxylic acid groups (broad SMARTS) is 2. The van der Waals surface area contributed by atoms with E-state index in [2.05, 4.69) is 4.98 Å². The van der Waals surface area contributed by atoms with Crippen molar-refractivity contribution in [3.05, 3.63) is 28.1 Å². The molecular formula is C12H10F5NO5S. The van der Waals surface area contributed by atoms with Gasteiger partial charge in [0.25, 0.3) is 6.43 Å². The van der Waals surface area contributed by atoms with Gasteiger partial charge < -0.3 is 10.2 Å². The third-order valence-corrected chi connectivity index (χ3v) is 3.65.